The number of esters is 1. The molecule has 0 radical (unpaired) electrons. The van der Waals surface area contributed by atoms with Crippen LogP contribution < -0.4 is 10.1 Å². The van der Waals surface area contributed by atoms with Crippen LogP contribution in [-0.2, 0) is 14.3 Å². The van der Waals surface area contributed by atoms with Gasteiger partial charge in [-0.1, -0.05) is 53.7 Å². The van der Waals surface area contributed by atoms with Gasteiger partial charge < -0.3 is 19.3 Å². The zero-order valence-corrected chi connectivity index (χ0v) is 14.6. The summed E-state index contributed by atoms with van der Waals surface area (Å²) >= 11 is 0. The molecule has 0 saturated carbocycles. The fourth-order valence-electron chi connectivity index (χ4n) is 2.34. The molecular weight excluding hydrogens is 348 g/mol. The van der Waals surface area contributed by atoms with Gasteiger partial charge in [0.05, 0.1) is 0 Å². The van der Waals surface area contributed by atoms with Gasteiger partial charge in [-0.15, -0.1) is 0 Å². The Kier molecular flexibility index (Phi) is 5.84. The fraction of sp³-hybridized carbons (Fsp3) is 0.150. The Bertz CT molecular complexity index is 893. The highest BCUT2D eigenvalue weighted by Crippen LogP contribution is 2.20. The van der Waals surface area contributed by atoms with Gasteiger partial charge in [-0.05, 0) is 19.1 Å². The molecule has 1 atom stereocenters. The van der Waals surface area contributed by atoms with E-state index >= 15 is 0 Å². The van der Waals surface area contributed by atoms with Crippen LogP contribution in [0.5, 0.6) is 5.75 Å². The molecule has 138 valence electrons. The quantitative estimate of drug-likeness (QED) is 0.645. The third-order valence-corrected chi connectivity index (χ3v) is 3.57. The summed E-state index contributed by atoms with van der Waals surface area (Å²) in [7, 11) is 0. The van der Waals surface area contributed by atoms with Crippen molar-refractivity contribution >= 4 is 17.7 Å². The number of benzene rings is 2. The molecule has 3 aromatic rings. The van der Waals surface area contributed by atoms with Gasteiger partial charge >= 0.3 is 5.97 Å². The van der Waals surface area contributed by atoms with Crippen molar-refractivity contribution in [2.45, 2.75) is 13.0 Å². The molecule has 1 heterocycles. The summed E-state index contributed by atoms with van der Waals surface area (Å²) in [5, 5.41) is 6.29. The number of amides is 1. The summed E-state index contributed by atoms with van der Waals surface area (Å²) in [4.78, 5) is 24.8. The number of carbonyl (C=O) groups excluding carboxylic acids is 2. The van der Waals surface area contributed by atoms with Crippen molar-refractivity contribution in [3.8, 4) is 5.75 Å². The van der Waals surface area contributed by atoms with E-state index in [1.807, 2.05) is 6.07 Å². The highest BCUT2D eigenvalue weighted by atomic mass is 16.6. The minimum atomic E-state index is -1.14. The first-order valence-electron chi connectivity index (χ1n) is 8.28. The number of para-hydroxylation sites is 1. The zero-order valence-electron chi connectivity index (χ0n) is 14.6. The molecule has 0 aliphatic carbocycles. The normalized spacial score (nSPS) is 11.4. The van der Waals surface area contributed by atoms with E-state index in [1.54, 1.807) is 67.6 Å². The van der Waals surface area contributed by atoms with Gasteiger partial charge in [-0.3, -0.25) is 4.79 Å². The van der Waals surface area contributed by atoms with Gasteiger partial charge in [-0.2, -0.15) is 0 Å². The van der Waals surface area contributed by atoms with Crippen LogP contribution in [-0.4, -0.2) is 23.6 Å². The van der Waals surface area contributed by atoms with Crippen LogP contribution in [0.4, 0.5) is 5.82 Å². The first kappa shape index (κ1) is 18.2. The molecule has 0 spiro atoms. The Labute approximate surface area is 155 Å². The molecule has 2 aromatic carbocycles. The highest BCUT2D eigenvalue weighted by molar-refractivity contribution is 5.95. The lowest BCUT2D eigenvalue weighted by Crippen LogP contribution is -2.28. The number of anilines is 1. The number of nitrogens with zero attached hydrogens (tertiary/aromatic N) is 1. The number of hydrogen-bond acceptors (Lipinski definition) is 6. The first-order valence-corrected chi connectivity index (χ1v) is 8.28. The number of hydrogen-bond donors (Lipinski definition) is 1. The Morgan fingerprint density at radius 3 is 2.37 bits per heavy atom. The first-order chi connectivity index (χ1) is 13.1. The predicted octanol–water partition coefficient (Wildman–Crippen LogP) is 3.29. The maximum Gasteiger partial charge on any atom is 0.345 e. The maximum atomic E-state index is 12.6. The summed E-state index contributed by atoms with van der Waals surface area (Å²) in [5.41, 5.74) is 0.531. The van der Waals surface area contributed by atoms with Crippen LogP contribution >= 0.6 is 0 Å². The molecule has 1 unspecified atom stereocenters. The summed E-state index contributed by atoms with van der Waals surface area (Å²) in [5.74, 6) is 0.125. The second-order valence-corrected chi connectivity index (χ2v) is 5.69. The van der Waals surface area contributed by atoms with E-state index < -0.39 is 18.0 Å². The molecule has 0 aliphatic heterocycles. The van der Waals surface area contributed by atoms with Crippen LogP contribution in [0.3, 0.4) is 0 Å². The lowest BCUT2D eigenvalue weighted by atomic mass is 10.1. The van der Waals surface area contributed by atoms with Crippen molar-refractivity contribution in [2.24, 2.45) is 0 Å². The maximum absolute atomic E-state index is 12.6. The summed E-state index contributed by atoms with van der Waals surface area (Å²) in [6.07, 6.45) is -1.14. The monoisotopic (exact) mass is 366 g/mol. The molecule has 7 nitrogen and oxygen atoms in total. The molecule has 0 fully saturated rings. The minimum absolute atomic E-state index is 0.245. The molecule has 3 rings (SSSR count). The Hall–Kier alpha value is -3.61. The summed E-state index contributed by atoms with van der Waals surface area (Å²) in [6.45, 7) is 1.39. The lowest BCUT2D eigenvalue weighted by molar-refractivity contribution is -0.156. The average molecular weight is 366 g/mol. The van der Waals surface area contributed by atoms with Crippen LogP contribution in [0.1, 0.15) is 17.4 Å². The SMILES string of the molecule is Cc1cc(NC(=O)C(OC(=O)COc2ccccc2)c2ccccc2)no1. The number of carbonyl (C=O) groups is 2. The third-order valence-electron chi connectivity index (χ3n) is 3.57. The molecule has 27 heavy (non-hydrogen) atoms. The number of ether oxygens (including phenoxy) is 2. The predicted molar refractivity (Wildman–Crippen MR) is 97.1 cm³/mol. The van der Waals surface area contributed by atoms with Gasteiger partial charge in [0.15, 0.2) is 12.4 Å². The van der Waals surface area contributed by atoms with E-state index in [9.17, 15) is 9.59 Å². The second-order valence-electron chi connectivity index (χ2n) is 5.69. The molecule has 7 heteroatoms. The smallest absolute Gasteiger partial charge is 0.345 e. The van der Waals surface area contributed by atoms with E-state index in [-0.39, 0.29) is 12.4 Å². The minimum Gasteiger partial charge on any atom is -0.482 e. The Morgan fingerprint density at radius 2 is 1.74 bits per heavy atom. The van der Waals surface area contributed by atoms with Gasteiger partial charge in [0.1, 0.15) is 11.5 Å². The standard InChI is InChI=1S/C20H18N2O5/c1-14-12-17(22-27-14)21-20(24)19(15-8-4-2-5-9-15)26-18(23)13-25-16-10-6-3-7-11-16/h2-12,19H,13H2,1H3,(H,21,22,24). The topological polar surface area (TPSA) is 90.7 Å². The summed E-state index contributed by atoms with van der Waals surface area (Å²) < 4.78 is 15.7. The molecule has 0 bridgehead atoms. The zero-order chi connectivity index (χ0) is 19.1. The molecule has 1 amide bonds. The van der Waals surface area contributed by atoms with Crippen LogP contribution in [0.15, 0.2) is 71.3 Å². The van der Waals surface area contributed by atoms with Gasteiger partial charge in [0.25, 0.3) is 5.91 Å². The Balaban J connectivity index is 1.68. The number of nitrogens with one attached hydrogen (secondary N) is 1. The highest BCUT2D eigenvalue weighted by Gasteiger charge is 2.26. The number of aryl methyl sites for hydroxylation is 1. The third kappa shape index (κ3) is 5.18. The second kappa shape index (κ2) is 8.66. The molecular formula is C20H18N2O5. The van der Waals surface area contributed by atoms with Crippen molar-refractivity contribution in [2.75, 3.05) is 11.9 Å². The number of rotatable bonds is 7. The van der Waals surface area contributed by atoms with E-state index in [2.05, 4.69) is 10.5 Å². The van der Waals surface area contributed by atoms with E-state index in [0.29, 0.717) is 17.1 Å². The van der Waals surface area contributed by atoms with Crippen LogP contribution in [0, 0.1) is 6.92 Å². The van der Waals surface area contributed by atoms with Crippen molar-refractivity contribution in [3.05, 3.63) is 78.1 Å². The van der Waals surface area contributed by atoms with E-state index in [1.165, 1.54) is 0 Å². The largest absolute Gasteiger partial charge is 0.482 e. The molecule has 1 aromatic heterocycles. The van der Waals surface area contributed by atoms with Crippen LogP contribution in [0.2, 0.25) is 0 Å². The number of aromatic nitrogens is 1. The lowest BCUT2D eigenvalue weighted by Gasteiger charge is -2.17. The average Bonchev–Trinajstić information content (AvgIpc) is 3.10. The van der Waals surface area contributed by atoms with Crippen LogP contribution in [0.25, 0.3) is 0 Å². The molecule has 1 N–H and O–H groups in total. The van der Waals surface area contributed by atoms with Gasteiger partial charge in [-0.25, -0.2) is 4.79 Å². The molecule has 0 aliphatic rings. The van der Waals surface area contributed by atoms with Crippen molar-refractivity contribution in [1.29, 1.82) is 0 Å². The van der Waals surface area contributed by atoms with Crippen molar-refractivity contribution in [3.63, 3.8) is 0 Å². The van der Waals surface area contributed by atoms with E-state index in [4.69, 9.17) is 14.0 Å². The van der Waals surface area contributed by atoms with E-state index in [0.717, 1.165) is 0 Å². The Morgan fingerprint density at radius 1 is 1.07 bits per heavy atom. The van der Waals surface area contributed by atoms with Crippen molar-refractivity contribution in [1.82, 2.24) is 5.16 Å². The van der Waals surface area contributed by atoms with Gasteiger partial charge in [0, 0.05) is 11.6 Å². The summed E-state index contributed by atoms with van der Waals surface area (Å²) in [6, 6.07) is 19.2. The fourth-order valence-corrected chi connectivity index (χ4v) is 2.34. The molecule has 0 saturated heterocycles. The van der Waals surface area contributed by atoms with Gasteiger partial charge in [0.2, 0.25) is 6.10 Å². The van der Waals surface area contributed by atoms with Crippen molar-refractivity contribution < 1.29 is 23.6 Å².